The van der Waals surface area contributed by atoms with Crippen LogP contribution in [-0.2, 0) is 66.6 Å². The Morgan fingerprint density at radius 3 is 1.12 bits per heavy atom. The summed E-state index contributed by atoms with van der Waals surface area (Å²) < 4.78 is 8.88. The fraction of sp³-hybridized carbons (Fsp3) is 0. The third kappa shape index (κ3) is 91.4. The Balaban J connectivity index is -0.0000000267. The van der Waals surface area contributed by atoms with E-state index in [1.54, 1.807) is 0 Å². The van der Waals surface area contributed by atoms with Crippen molar-refractivity contribution in [3.8, 4) is 0 Å². The normalized spacial score (nSPS) is 7.38. The molecule has 8 heteroatoms. The van der Waals surface area contributed by atoms with Crippen LogP contribution in [0.3, 0.4) is 0 Å². The molecule has 0 saturated heterocycles. The molecule has 3 N–H and O–H groups in total. The third-order valence-electron chi connectivity index (χ3n) is 0. The summed E-state index contributed by atoms with van der Waals surface area (Å²) in [6.45, 7) is 0. The average Bonchev–Trinajstić information content (AvgIpc) is 0.722. The van der Waals surface area contributed by atoms with E-state index >= 15 is 0 Å². The summed E-state index contributed by atoms with van der Waals surface area (Å²) in [5.74, 6) is 0. The zero-order chi connectivity index (χ0) is 4.50. The molecule has 0 rings (SSSR count). The van der Waals surface area contributed by atoms with Crippen molar-refractivity contribution in [1.82, 2.24) is 0 Å². The van der Waals surface area contributed by atoms with E-state index in [1.807, 2.05) is 0 Å². The van der Waals surface area contributed by atoms with E-state index in [0.717, 1.165) is 0 Å². The average molecular weight is 338 g/mol. The predicted octanol–water partition coefficient (Wildman–Crippen LogP) is -0.936. The Bertz CT molecular complexity index is 62.2. The summed E-state index contributed by atoms with van der Waals surface area (Å²) in [6, 6.07) is 0. The van der Waals surface area contributed by atoms with Crippen LogP contribution >= 0.6 is 7.82 Å². The molecular formula is H3MoNbO4PV. The van der Waals surface area contributed by atoms with E-state index in [-0.39, 0.29) is 62.0 Å². The fourth-order valence-electron chi connectivity index (χ4n) is 0. The maximum absolute atomic E-state index is 8.88. The fourth-order valence-corrected chi connectivity index (χ4v) is 0. The van der Waals surface area contributed by atoms with Crippen molar-refractivity contribution < 1.29 is 81.2 Å². The first-order chi connectivity index (χ1) is 2.00. The molecule has 48 valence electrons. The van der Waals surface area contributed by atoms with E-state index in [9.17, 15) is 0 Å². The van der Waals surface area contributed by atoms with Gasteiger partial charge in [-0.05, 0) is 0 Å². The molecule has 0 aromatic carbocycles. The van der Waals surface area contributed by atoms with Crippen LogP contribution in [0.15, 0.2) is 0 Å². The van der Waals surface area contributed by atoms with Crippen LogP contribution in [-0.4, -0.2) is 14.7 Å². The smallest absolute Gasteiger partial charge is 0.303 e. The molecule has 0 amide bonds. The first kappa shape index (κ1) is 22.5. The molecule has 0 heterocycles. The van der Waals surface area contributed by atoms with Gasteiger partial charge in [0.05, 0.1) is 0 Å². The van der Waals surface area contributed by atoms with Crippen LogP contribution in [0.2, 0.25) is 0 Å². The Morgan fingerprint density at radius 2 is 1.12 bits per heavy atom. The molecular weight excluding hydrogens is 335 g/mol. The maximum atomic E-state index is 8.88. The monoisotopic (exact) mass is 340 g/mol. The van der Waals surface area contributed by atoms with Crippen LogP contribution < -0.4 is 0 Å². The van der Waals surface area contributed by atoms with Crippen molar-refractivity contribution >= 4 is 7.82 Å². The van der Waals surface area contributed by atoms with Gasteiger partial charge in [-0.15, -0.1) is 0 Å². The minimum atomic E-state index is -4.64. The van der Waals surface area contributed by atoms with Gasteiger partial charge in [0.15, 0.2) is 0 Å². The predicted molar refractivity (Wildman–Crippen MR) is 14.3 cm³/mol. The van der Waals surface area contributed by atoms with Crippen molar-refractivity contribution in [3.63, 3.8) is 0 Å². The van der Waals surface area contributed by atoms with Crippen LogP contribution in [0, 0.1) is 0 Å². The van der Waals surface area contributed by atoms with E-state index in [1.165, 1.54) is 0 Å². The molecule has 4 nitrogen and oxygen atoms in total. The summed E-state index contributed by atoms with van der Waals surface area (Å²) >= 11 is 0. The van der Waals surface area contributed by atoms with Gasteiger partial charge in [-0.3, -0.25) is 0 Å². The molecule has 0 aliphatic rings. The topological polar surface area (TPSA) is 77.8 Å². The molecule has 0 aromatic heterocycles. The van der Waals surface area contributed by atoms with Crippen molar-refractivity contribution in [2.24, 2.45) is 0 Å². The van der Waals surface area contributed by atoms with Crippen LogP contribution in [0.5, 0.6) is 0 Å². The van der Waals surface area contributed by atoms with Gasteiger partial charge in [0, 0.05) is 62.0 Å². The van der Waals surface area contributed by atoms with E-state index in [4.69, 9.17) is 19.2 Å². The molecule has 8 heavy (non-hydrogen) atoms. The minimum Gasteiger partial charge on any atom is -0.303 e. The first-order valence-electron chi connectivity index (χ1n) is 0.783. The first-order valence-corrected chi connectivity index (χ1v) is 2.35. The number of phosphoric acid groups is 1. The number of hydrogen-bond donors (Lipinski definition) is 3. The SMILES string of the molecule is O=P(O)(O)O.[Mo].[Nb].[V]. The largest absolute Gasteiger partial charge is 0.466 e. The standard InChI is InChI=1S/Mo.Nb.H3O4P.V/c;;1-5(2,3)4;/h;;(H3,1,2,3,4);. The second-order valence-electron chi connectivity index (χ2n) is 0.513. The van der Waals surface area contributed by atoms with Gasteiger partial charge in [-0.2, -0.15) is 0 Å². The molecule has 0 spiro atoms. The summed E-state index contributed by atoms with van der Waals surface area (Å²) in [6.07, 6.45) is 0. The summed E-state index contributed by atoms with van der Waals surface area (Å²) in [5.41, 5.74) is 0. The second kappa shape index (κ2) is 9.12. The molecule has 0 unspecified atom stereocenters. The third-order valence-corrected chi connectivity index (χ3v) is 0. The van der Waals surface area contributed by atoms with Crippen molar-refractivity contribution in [2.45, 2.75) is 0 Å². The summed E-state index contributed by atoms with van der Waals surface area (Å²) in [7, 11) is -4.64. The Labute approximate surface area is 88.3 Å². The minimum absolute atomic E-state index is 0. The Hall–Kier alpha value is 2.12. The van der Waals surface area contributed by atoms with Gasteiger partial charge in [0.2, 0.25) is 0 Å². The quantitative estimate of drug-likeness (QED) is 0.394. The zero-order valence-corrected chi connectivity index (χ0v) is 10.00. The molecule has 0 saturated carbocycles. The van der Waals surface area contributed by atoms with Crippen molar-refractivity contribution in [3.05, 3.63) is 0 Å². The molecule has 0 bridgehead atoms. The van der Waals surface area contributed by atoms with E-state index in [2.05, 4.69) is 0 Å². The number of hydrogen-bond acceptors (Lipinski definition) is 1. The van der Waals surface area contributed by atoms with Gasteiger partial charge in [-0.1, -0.05) is 0 Å². The van der Waals surface area contributed by atoms with Gasteiger partial charge < -0.3 is 14.7 Å². The molecule has 2 radical (unpaired) electrons. The van der Waals surface area contributed by atoms with Crippen LogP contribution in [0.25, 0.3) is 0 Å². The van der Waals surface area contributed by atoms with Crippen LogP contribution in [0.4, 0.5) is 0 Å². The van der Waals surface area contributed by atoms with Gasteiger partial charge in [0.1, 0.15) is 0 Å². The van der Waals surface area contributed by atoms with Crippen LogP contribution in [0.1, 0.15) is 0 Å². The summed E-state index contributed by atoms with van der Waals surface area (Å²) in [5, 5.41) is 0. The van der Waals surface area contributed by atoms with Gasteiger partial charge in [0.25, 0.3) is 0 Å². The Kier molecular flexibility index (Phi) is 25.6. The van der Waals surface area contributed by atoms with Crippen molar-refractivity contribution in [1.29, 1.82) is 0 Å². The Morgan fingerprint density at radius 1 is 1.12 bits per heavy atom. The molecule has 0 aromatic rings. The van der Waals surface area contributed by atoms with Crippen molar-refractivity contribution in [2.75, 3.05) is 0 Å². The molecule has 0 aliphatic heterocycles. The van der Waals surface area contributed by atoms with E-state index < -0.39 is 7.82 Å². The maximum Gasteiger partial charge on any atom is 0.466 e. The zero-order valence-electron chi connectivity index (χ0n) is 3.50. The number of rotatable bonds is 0. The van der Waals surface area contributed by atoms with Gasteiger partial charge >= 0.3 is 7.82 Å². The molecule has 0 aliphatic carbocycles. The van der Waals surface area contributed by atoms with Gasteiger partial charge in [-0.25, -0.2) is 4.57 Å². The molecule has 0 atom stereocenters. The van der Waals surface area contributed by atoms with E-state index in [0.29, 0.717) is 0 Å². The molecule has 0 fully saturated rings. The summed E-state index contributed by atoms with van der Waals surface area (Å²) in [4.78, 5) is 21.6. The second-order valence-corrected chi connectivity index (χ2v) is 1.54.